The number of allylic oxidation sites excluding steroid dienone is 1. The van der Waals surface area contributed by atoms with Crippen LogP contribution in [0.15, 0.2) is 99.9 Å². The zero-order valence-corrected chi connectivity index (χ0v) is 23.9. The summed E-state index contributed by atoms with van der Waals surface area (Å²) in [6.07, 6.45) is 2.03. The second-order valence-corrected chi connectivity index (χ2v) is 11.2. The van der Waals surface area contributed by atoms with E-state index in [1.54, 1.807) is 11.7 Å². The van der Waals surface area contributed by atoms with Crippen molar-refractivity contribution >= 4 is 29.0 Å². The van der Waals surface area contributed by atoms with Gasteiger partial charge >= 0.3 is 0 Å². The number of hydrogen-bond acceptors (Lipinski definition) is 7. The zero-order valence-electron chi connectivity index (χ0n) is 23.0. The molecule has 208 valence electrons. The molecule has 1 saturated heterocycles. The fraction of sp³-hybridized carbons (Fsp3) is 0.219. The van der Waals surface area contributed by atoms with Gasteiger partial charge in [0.25, 0.3) is 11.5 Å². The molecular weight excluding hydrogens is 534 g/mol. The number of carbonyl (C=O) groups excluding carboxylic acids is 1. The van der Waals surface area contributed by atoms with Gasteiger partial charge in [-0.25, -0.2) is 10.4 Å². The molecule has 41 heavy (non-hydrogen) atoms. The van der Waals surface area contributed by atoms with Gasteiger partial charge in [-0.2, -0.15) is 0 Å². The van der Waals surface area contributed by atoms with Crippen LogP contribution < -0.4 is 35.8 Å². The van der Waals surface area contributed by atoms with Crippen molar-refractivity contribution in [1.82, 2.24) is 15.4 Å². The van der Waals surface area contributed by atoms with Gasteiger partial charge in [0.15, 0.2) is 4.80 Å². The molecule has 0 radical (unpaired) electrons. The summed E-state index contributed by atoms with van der Waals surface area (Å²) in [5, 5.41) is 3.05. The molecule has 0 saturated carbocycles. The van der Waals surface area contributed by atoms with Crippen molar-refractivity contribution in [1.29, 1.82) is 0 Å². The molecule has 2 aliphatic rings. The number of fused-ring (bicyclic) bond motifs is 1. The third kappa shape index (κ3) is 5.15. The average Bonchev–Trinajstić information content (AvgIpc) is 3.58. The average molecular weight is 566 g/mol. The van der Waals surface area contributed by atoms with Crippen molar-refractivity contribution in [2.45, 2.75) is 25.9 Å². The van der Waals surface area contributed by atoms with E-state index in [9.17, 15) is 9.59 Å². The van der Waals surface area contributed by atoms with Crippen LogP contribution in [0.3, 0.4) is 0 Å². The normalized spacial score (nSPS) is 20.5. The fourth-order valence-corrected chi connectivity index (χ4v) is 6.58. The number of para-hydroxylation sites is 1. The lowest BCUT2D eigenvalue weighted by Gasteiger charge is -2.25. The first-order chi connectivity index (χ1) is 19.9. The number of hydrazine groups is 1. The molecule has 3 atom stereocenters. The molecule has 1 amide bonds. The highest BCUT2D eigenvalue weighted by Gasteiger charge is 2.33. The molecule has 4 aromatic rings. The standard InChI is InChI=1S/C32H31N5O3S/c1-19-9-7-8-12-25(19)35-30(38)27-20(2)34-32-37(29(27)22-13-15-24(40-3)16-14-22)31(39)26(41-32)17-23-18-33-36-28(23)21-10-5-4-6-11-21/h4-17,23,28-29,33,36H,18H2,1-3H3,(H,35,38)/b26-17+. The minimum Gasteiger partial charge on any atom is -0.497 e. The maximum atomic E-state index is 14.1. The highest BCUT2D eigenvalue weighted by Crippen LogP contribution is 2.32. The molecule has 0 bridgehead atoms. The highest BCUT2D eigenvalue weighted by atomic mass is 32.1. The number of rotatable bonds is 6. The minimum atomic E-state index is -0.645. The summed E-state index contributed by atoms with van der Waals surface area (Å²) in [5.74, 6) is 0.466. The van der Waals surface area contributed by atoms with E-state index in [2.05, 4.69) is 28.3 Å². The number of benzene rings is 3. The van der Waals surface area contributed by atoms with Gasteiger partial charge in [0.2, 0.25) is 0 Å². The third-order valence-corrected chi connectivity index (χ3v) is 8.64. The van der Waals surface area contributed by atoms with Crippen LogP contribution in [0, 0.1) is 12.8 Å². The number of nitrogens with zero attached hydrogens (tertiary/aromatic N) is 2. The first-order valence-corrected chi connectivity index (χ1v) is 14.3. The van der Waals surface area contributed by atoms with Crippen LogP contribution in [-0.4, -0.2) is 24.1 Å². The molecule has 3 heterocycles. The summed E-state index contributed by atoms with van der Waals surface area (Å²) in [5.41, 5.74) is 11.1. The van der Waals surface area contributed by atoms with Crippen molar-refractivity contribution in [3.63, 3.8) is 0 Å². The molecule has 8 nitrogen and oxygen atoms in total. The fourth-order valence-electron chi connectivity index (χ4n) is 5.48. The Morgan fingerprint density at radius 2 is 1.76 bits per heavy atom. The van der Waals surface area contributed by atoms with Gasteiger partial charge in [-0.15, -0.1) is 0 Å². The lowest BCUT2D eigenvalue weighted by Crippen LogP contribution is -2.40. The predicted octanol–water partition coefficient (Wildman–Crippen LogP) is 3.61. The van der Waals surface area contributed by atoms with Gasteiger partial charge in [0.05, 0.1) is 35.0 Å². The lowest BCUT2D eigenvalue weighted by molar-refractivity contribution is -0.113. The Hall–Kier alpha value is -4.31. The quantitative estimate of drug-likeness (QED) is 0.332. The van der Waals surface area contributed by atoms with Gasteiger partial charge < -0.3 is 10.1 Å². The topological polar surface area (TPSA) is 96.8 Å². The van der Waals surface area contributed by atoms with Crippen LogP contribution in [0.1, 0.15) is 35.7 Å². The number of aromatic nitrogens is 1. The smallest absolute Gasteiger partial charge is 0.270 e. The van der Waals surface area contributed by atoms with Gasteiger partial charge in [0.1, 0.15) is 5.75 Å². The number of methoxy groups -OCH3 is 1. The number of ether oxygens (including phenoxy) is 1. The third-order valence-electron chi connectivity index (χ3n) is 7.64. The summed E-state index contributed by atoms with van der Waals surface area (Å²) in [7, 11) is 1.61. The van der Waals surface area contributed by atoms with E-state index in [-0.39, 0.29) is 23.4 Å². The van der Waals surface area contributed by atoms with E-state index in [1.807, 2.05) is 86.7 Å². The van der Waals surface area contributed by atoms with Crippen molar-refractivity contribution in [2.24, 2.45) is 10.9 Å². The van der Waals surface area contributed by atoms with Crippen LogP contribution in [0.5, 0.6) is 5.75 Å². The molecule has 3 aromatic carbocycles. The number of amides is 1. The Kier molecular flexibility index (Phi) is 7.40. The summed E-state index contributed by atoms with van der Waals surface area (Å²) < 4.78 is 7.63. The van der Waals surface area contributed by atoms with Crippen molar-refractivity contribution in [3.8, 4) is 5.75 Å². The molecule has 0 spiro atoms. The van der Waals surface area contributed by atoms with Gasteiger partial charge in [-0.1, -0.05) is 78.1 Å². The summed E-state index contributed by atoms with van der Waals surface area (Å²) >= 11 is 1.36. The first-order valence-electron chi connectivity index (χ1n) is 13.5. The highest BCUT2D eigenvalue weighted by molar-refractivity contribution is 7.07. The molecule has 6 rings (SSSR count). The lowest BCUT2D eigenvalue weighted by atomic mass is 9.94. The second kappa shape index (κ2) is 11.3. The van der Waals surface area contributed by atoms with E-state index in [0.717, 1.165) is 22.4 Å². The molecule has 1 aromatic heterocycles. The van der Waals surface area contributed by atoms with Gasteiger partial charge in [0, 0.05) is 18.2 Å². The molecule has 1 fully saturated rings. The molecule has 0 aliphatic carbocycles. The van der Waals surface area contributed by atoms with E-state index >= 15 is 0 Å². The van der Waals surface area contributed by atoms with Crippen molar-refractivity contribution < 1.29 is 9.53 Å². The van der Waals surface area contributed by atoms with E-state index in [0.29, 0.717) is 32.9 Å². The minimum absolute atomic E-state index is 0.0318. The van der Waals surface area contributed by atoms with E-state index < -0.39 is 6.04 Å². The zero-order chi connectivity index (χ0) is 28.5. The molecule has 9 heteroatoms. The Labute approximate surface area is 241 Å². The number of carbonyl (C=O) groups is 1. The number of anilines is 1. The summed E-state index contributed by atoms with van der Waals surface area (Å²) in [4.78, 5) is 33.3. The van der Waals surface area contributed by atoms with Crippen LogP contribution in [0.2, 0.25) is 0 Å². The largest absolute Gasteiger partial charge is 0.497 e. The molecule has 3 N–H and O–H groups in total. The Morgan fingerprint density at radius 3 is 2.49 bits per heavy atom. The summed E-state index contributed by atoms with van der Waals surface area (Å²) in [6.45, 7) is 4.46. The molecule has 3 unspecified atom stereocenters. The second-order valence-electron chi connectivity index (χ2n) is 10.2. The number of hydrogen-bond donors (Lipinski definition) is 3. The Morgan fingerprint density at radius 1 is 1.02 bits per heavy atom. The van der Waals surface area contributed by atoms with Crippen LogP contribution in [-0.2, 0) is 4.79 Å². The molecule has 2 aliphatic heterocycles. The van der Waals surface area contributed by atoms with E-state index in [1.165, 1.54) is 11.3 Å². The van der Waals surface area contributed by atoms with Crippen molar-refractivity contribution in [3.05, 3.63) is 127 Å². The maximum Gasteiger partial charge on any atom is 0.270 e. The van der Waals surface area contributed by atoms with Crippen LogP contribution in [0.4, 0.5) is 5.69 Å². The Balaban J connectivity index is 1.45. The Bertz CT molecular complexity index is 1810. The number of nitrogens with one attached hydrogen (secondary N) is 3. The van der Waals surface area contributed by atoms with Crippen LogP contribution >= 0.6 is 11.3 Å². The maximum absolute atomic E-state index is 14.1. The van der Waals surface area contributed by atoms with Gasteiger partial charge in [-0.05, 0) is 48.7 Å². The number of thiazole rings is 1. The first kappa shape index (κ1) is 26.9. The summed E-state index contributed by atoms with van der Waals surface area (Å²) in [6, 6.07) is 24.7. The van der Waals surface area contributed by atoms with Crippen molar-refractivity contribution in [2.75, 3.05) is 19.0 Å². The van der Waals surface area contributed by atoms with Gasteiger partial charge in [-0.3, -0.25) is 19.6 Å². The predicted molar refractivity (Wildman–Crippen MR) is 161 cm³/mol. The monoisotopic (exact) mass is 565 g/mol. The molecular formula is C32H31N5O3S. The number of aryl methyl sites for hydroxylation is 1. The van der Waals surface area contributed by atoms with Crippen LogP contribution in [0.25, 0.3) is 6.08 Å². The SMILES string of the molecule is COc1ccc(C2C(C(=O)Nc3ccccc3C)=C(C)N=c3s/c(=C/C4CNNC4c4ccccc4)c(=O)n32)cc1. The van der Waals surface area contributed by atoms with E-state index in [4.69, 9.17) is 9.73 Å².